The van der Waals surface area contributed by atoms with Crippen LogP contribution in [0.5, 0.6) is 5.75 Å². The maximum Gasteiger partial charge on any atom is 0.573 e. The van der Waals surface area contributed by atoms with Gasteiger partial charge in [0.15, 0.2) is 0 Å². The molecule has 0 unspecified atom stereocenters. The predicted octanol–water partition coefficient (Wildman–Crippen LogP) is 4.37. The van der Waals surface area contributed by atoms with Gasteiger partial charge in [0, 0.05) is 0 Å². The number of aromatic carboxylic acids is 1. The topological polar surface area (TPSA) is 46.5 Å². The lowest BCUT2D eigenvalue weighted by atomic mass is 10.0. The molecule has 0 amide bonds. The van der Waals surface area contributed by atoms with E-state index in [9.17, 15) is 18.0 Å². The monoisotopic (exact) mass is 318 g/mol. The van der Waals surface area contributed by atoms with E-state index in [1.54, 1.807) is 12.1 Å². The zero-order valence-electron chi connectivity index (χ0n) is 10.4. The third kappa shape index (κ3) is 4.68. The lowest BCUT2D eigenvalue weighted by Gasteiger charge is -2.09. The molecule has 112 valence electrons. The zero-order valence-corrected chi connectivity index (χ0v) is 11.2. The number of carboxylic acids is 1. The number of ether oxygens (including phenoxy) is 1. The van der Waals surface area contributed by atoms with Crippen LogP contribution in [0.25, 0.3) is 11.1 Å². The minimum atomic E-state index is -4.72. The Morgan fingerprint density at radius 1 is 0.905 bits per heavy atom. The van der Waals surface area contributed by atoms with Gasteiger partial charge in [0.05, 0.1) is 5.56 Å². The molecule has 2 aromatic carbocycles. The number of carbonyl (C=O) groups is 1. The first-order chi connectivity index (χ1) is 9.35. The normalized spacial score (nSPS) is 10.6. The smallest absolute Gasteiger partial charge is 0.478 e. The van der Waals surface area contributed by atoms with Crippen LogP contribution in [0, 0.1) is 0 Å². The molecule has 3 nitrogen and oxygen atoms in total. The molecule has 1 N–H and O–H groups in total. The van der Waals surface area contributed by atoms with E-state index in [0.717, 1.165) is 0 Å². The summed E-state index contributed by atoms with van der Waals surface area (Å²) in [5, 5.41) is 8.77. The quantitative estimate of drug-likeness (QED) is 0.914. The summed E-state index contributed by atoms with van der Waals surface area (Å²) >= 11 is 0. The summed E-state index contributed by atoms with van der Waals surface area (Å²) in [6, 6.07) is 11.4. The van der Waals surface area contributed by atoms with Gasteiger partial charge in [0.25, 0.3) is 0 Å². The Hall–Kier alpha value is -2.21. The highest BCUT2D eigenvalue weighted by atomic mass is 35.5. The van der Waals surface area contributed by atoms with E-state index < -0.39 is 12.3 Å². The fourth-order valence-electron chi connectivity index (χ4n) is 1.65. The Bertz CT molecular complexity index is 607. The Morgan fingerprint density at radius 2 is 1.33 bits per heavy atom. The largest absolute Gasteiger partial charge is 0.573 e. The molecule has 2 aromatic rings. The van der Waals surface area contributed by atoms with Gasteiger partial charge in [0.1, 0.15) is 5.75 Å². The number of alkyl halides is 3. The van der Waals surface area contributed by atoms with Gasteiger partial charge in [-0.25, -0.2) is 4.79 Å². The first-order valence-electron chi connectivity index (χ1n) is 5.55. The molecule has 0 bridgehead atoms. The number of rotatable bonds is 3. The van der Waals surface area contributed by atoms with Gasteiger partial charge in [0.2, 0.25) is 0 Å². The molecule has 2 rings (SSSR count). The molecule has 0 fully saturated rings. The van der Waals surface area contributed by atoms with Crippen molar-refractivity contribution in [1.82, 2.24) is 0 Å². The van der Waals surface area contributed by atoms with Crippen molar-refractivity contribution in [2.24, 2.45) is 0 Å². The Morgan fingerprint density at radius 3 is 1.71 bits per heavy atom. The molecular formula is C14H10ClF3O3. The molecule has 0 heterocycles. The van der Waals surface area contributed by atoms with E-state index in [1.807, 2.05) is 0 Å². The number of carboxylic acid groups (broad SMARTS) is 1. The molecule has 0 saturated heterocycles. The number of hydrogen-bond acceptors (Lipinski definition) is 2. The molecule has 21 heavy (non-hydrogen) atoms. The molecule has 0 aliphatic rings. The van der Waals surface area contributed by atoms with E-state index in [4.69, 9.17) is 5.11 Å². The van der Waals surface area contributed by atoms with Crippen LogP contribution in [0.15, 0.2) is 48.5 Å². The first-order valence-corrected chi connectivity index (χ1v) is 5.55. The average molecular weight is 319 g/mol. The third-order valence-corrected chi connectivity index (χ3v) is 2.55. The van der Waals surface area contributed by atoms with Crippen molar-refractivity contribution in [2.75, 3.05) is 0 Å². The SMILES string of the molecule is Cl.O=C(O)c1ccc(-c2ccc(OC(F)(F)F)cc2)cc1. The summed E-state index contributed by atoms with van der Waals surface area (Å²) in [6.07, 6.45) is -4.72. The fourth-order valence-corrected chi connectivity index (χ4v) is 1.65. The van der Waals surface area contributed by atoms with Gasteiger partial charge in [-0.3, -0.25) is 0 Å². The van der Waals surface area contributed by atoms with E-state index in [-0.39, 0.29) is 23.7 Å². The minimum absolute atomic E-state index is 0. The second-order valence-electron chi connectivity index (χ2n) is 3.95. The van der Waals surface area contributed by atoms with E-state index in [1.165, 1.54) is 36.4 Å². The zero-order chi connectivity index (χ0) is 14.8. The molecule has 0 aliphatic carbocycles. The lowest BCUT2D eigenvalue weighted by molar-refractivity contribution is -0.274. The van der Waals surface area contributed by atoms with Crippen molar-refractivity contribution in [2.45, 2.75) is 6.36 Å². The Labute approximate surface area is 124 Å². The van der Waals surface area contributed by atoms with Crippen molar-refractivity contribution >= 4 is 18.4 Å². The highest BCUT2D eigenvalue weighted by Crippen LogP contribution is 2.26. The fraction of sp³-hybridized carbons (Fsp3) is 0.0714. The highest BCUT2D eigenvalue weighted by Gasteiger charge is 2.30. The molecule has 0 spiro atoms. The maximum atomic E-state index is 12.0. The van der Waals surface area contributed by atoms with Crippen LogP contribution in [0.4, 0.5) is 13.2 Å². The third-order valence-electron chi connectivity index (χ3n) is 2.55. The van der Waals surface area contributed by atoms with Crippen molar-refractivity contribution in [3.8, 4) is 16.9 Å². The van der Waals surface area contributed by atoms with Gasteiger partial charge < -0.3 is 9.84 Å². The van der Waals surface area contributed by atoms with Gasteiger partial charge in [-0.15, -0.1) is 25.6 Å². The summed E-state index contributed by atoms with van der Waals surface area (Å²) < 4.78 is 39.8. The van der Waals surface area contributed by atoms with Crippen LogP contribution in [0.1, 0.15) is 10.4 Å². The number of benzene rings is 2. The molecule has 0 atom stereocenters. The van der Waals surface area contributed by atoms with Crippen molar-refractivity contribution in [3.05, 3.63) is 54.1 Å². The van der Waals surface area contributed by atoms with E-state index in [0.29, 0.717) is 11.1 Å². The Kier molecular flexibility index (Phi) is 5.21. The van der Waals surface area contributed by atoms with Crippen LogP contribution in [-0.4, -0.2) is 17.4 Å². The molecular weight excluding hydrogens is 309 g/mol. The lowest BCUT2D eigenvalue weighted by Crippen LogP contribution is -2.16. The van der Waals surface area contributed by atoms with Gasteiger partial charge in [-0.2, -0.15) is 0 Å². The summed E-state index contributed by atoms with van der Waals surface area (Å²) in [5.74, 6) is -1.34. The second kappa shape index (κ2) is 6.49. The van der Waals surface area contributed by atoms with Gasteiger partial charge in [-0.05, 0) is 35.4 Å². The molecule has 0 saturated carbocycles. The van der Waals surface area contributed by atoms with Gasteiger partial charge in [-0.1, -0.05) is 24.3 Å². The number of hydrogen-bond donors (Lipinski definition) is 1. The summed E-state index contributed by atoms with van der Waals surface area (Å²) in [5.41, 5.74) is 1.51. The summed E-state index contributed by atoms with van der Waals surface area (Å²) in [6.45, 7) is 0. The molecule has 0 aliphatic heterocycles. The molecule has 0 radical (unpaired) electrons. The van der Waals surface area contributed by atoms with Crippen LogP contribution in [0.3, 0.4) is 0 Å². The predicted molar refractivity (Wildman–Crippen MR) is 72.8 cm³/mol. The van der Waals surface area contributed by atoms with Crippen LogP contribution < -0.4 is 4.74 Å². The van der Waals surface area contributed by atoms with Crippen molar-refractivity contribution in [3.63, 3.8) is 0 Å². The van der Waals surface area contributed by atoms with E-state index >= 15 is 0 Å². The Balaban J connectivity index is 0.00000220. The van der Waals surface area contributed by atoms with Crippen LogP contribution in [0.2, 0.25) is 0 Å². The van der Waals surface area contributed by atoms with Crippen LogP contribution >= 0.6 is 12.4 Å². The maximum absolute atomic E-state index is 12.0. The highest BCUT2D eigenvalue weighted by molar-refractivity contribution is 5.88. The van der Waals surface area contributed by atoms with Crippen molar-refractivity contribution < 1.29 is 27.8 Å². The molecule has 0 aromatic heterocycles. The second-order valence-corrected chi connectivity index (χ2v) is 3.95. The molecule has 7 heteroatoms. The minimum Gasteiger partial charge on any atom is -0.478 e. The average Bonchev–Trinajstić information content (AvgIpc) is 2.38. The van der Waals surface area contributed by atoms with Crippen LogP contribution in [-0.2, 0) is 0 Å². The van der Waals surface area contributed by atoms with E-state index in [2.05, 4.69) is 4.74 Å². The first kappa shape index (κ1) is 16.8. The van der Waals surface area contributed by atoms with Crippen molar-refractivity contribution in [1.29, 1.82) is 0 Å². The van der Waals surface area contributed by atoms with Gasteiger partial charge >= 0.3 is 12.3 Å². The standard InChI is InChI=1S/C14H9F3O3.ClH/c15-14(16,17)20-12-7-5-10(6-8-12)9-1-3-11(4-2-9)13(18)19;/h1-8H,(H,18,19);1H. The summed E-state index contributed by atoms with van der Waals surface area (Å²) in [4.78, 5) is 10.7. The summed E-state index contributed by atoms with van der Waals surface area (Å²) in [7, 11) is 0. The number of halogens is 4.